The summed E-state index contributed by atoms with van der Waals surface area (Å²) in [5.41, 5.74) is 1.70. The average molecular weight is 340 g/mol. The Kier molecular flexibility index (Phi) is 3.61. The van der Waals surface area contributed by atoms with Crippen molar-refractivity contribution < 1.29 is 23.8 Å². The summed E-state index contributed by atoms with van der Waals surface area (Å²) >= 11 is 0. The van der Waals surface area contributed by atoms with Gasteiger partial charge in [0.2, 0.25) is 0 Å². The van der Waals surface area contributed by atoms with Gasteiger partial charge in [0.05, 0.1) is 17.4 Å². The molecule has 6 nitrogen and oxygen atoms in total. The van der Waals surface area contributed by atoms with E-state index in [2.05, 4.69) is 5.10 Å². The molecule has 1 aliphatic rings. The summed E-state index contributed by atoms with van der Waals surface area (Å²) in [6, 6.07) is 8.01. The van der Waals surface area contributed by atoms with Crippen molar-refractivity contribution in [1.82, 2.24) is 9.78 Å². The summed E-state index contributed by atoms with van der Waals surface area (Å²) < 4.78 is 26.4. The van der Waals surface area contributed by atoms with E-state index in [1.54, 1.807) is 29.2 Å². The van der Waals surface area contributed by atoms with Gasteiger partial charge in [-0.2, -0.15) is 5.10 Å². The SMILES string of the molecule is O=Cc1cc(-c2cnn(-c3ccc4c(c3)OCCO4)c2)cc(F)c1O. The third-order valence-electron chi connectivity index (χ3n) is 3.93. The zero-order valence-electron chi connectivity index (χ0n) is 13.0. The lowest BCUT2D eigenvalue weighted by Gasteiger charge is -2.18. The summed E-state index contributed by atoms with van der Waals surface area (Å²) in [5.74, 6) is -0.192. The second-order valence-corrected chi connectivity index (χ2v) is 5.52. The third kappa shape index (κ3) is 2.69. The Morgan fingerprint density at radius 1 is 1.12 bits per heavy atom. The Balaban J connectivity index is 1.71. The molecule has 0 atom stereocenters. The molecule has 7 heteroatoms. The summed E-state index contributed by atoms with van der Waals surface area (Å²) in [7, 11) is 0. The zero-order valence-corrected chi connectivity index (χ0v) is 13.0. The van der Waals surface area contributed by atoms with Crippen molar-refractivity contribution in [3.63, 3.8) is 0 Å². The highest BCUT2D eigenvalue weighted by atomic mass is 19.1. The van der Waals surface area contributed by atoms with Crippen LogP contribution in [0.4, 0.5) is 4.39 Å². The zero-order chi connectivity index (χ0) is 17.4. The van der Waals surface area contributed by atoms with E-state index in [1.165, 1.54) is 6.07 Å². The number of benzene rings is 2. The predicted octanol–water partition coefficient (Wildman–Crippen LogP) is 2.97. The van der Waals surface area contributed by atoms with Gasteiger partial charge in [0.1, 0.15) is 13.2 Å². The lowest BCUT2D eigenvalue weighted by atomic mass is 10.1. The van der Waals surface area contributed by atoms with Crippen LogP contribution in [0.25, 0.3) is 16.8 Å². The van der Waals surface area contributed by atoms with Gasteiger partial charge in [0.25, 0.3) is 0 Å². The number of hydrogen-bond donors (Lipinski definition) is 1. The van der Waals surface area contributed by atoms with Crippen LogP contribution < -0.4 is 9.47 Å². The minimum atomic E-state index is -0.855. The molecule has 0 amide bonds. The molecule has 0 unspecified atom stereocenters. The molecule has 0 bridgehead atoms. The molecular weight excluding hydrogens is 327 g/mol. The molecule has 1 aromatic heterocycles. The Morgan fingerprint density at radius 3 is 2.72 bits per heavy atom. The van der Waals surface area contributed by atoms with Gasteiger partial charge in [-0.05, 0) is 29.8 Å². The van der Waals surface area contributed by atoms with Crippen LogP contribution in [0.3, 0.4) is 0 Å². The molecule has 3 aromatic rings. The Labute approximate surface area is 142 Å². The number of carbonyl (C=O) groups excluding carboxylic acids is 1. The number of aldehydes is 1. The molecule has 0 spiro atoms. The van der Waals surface area contributed by atoms with E-state index in [-0.39, 0.29) is 5.56 Å². The van der Waals surface area contributed by atoms with Gasteiger partial charge >= 0.3 is 0 Å². The smallest absolute Gasteiger partial charge is 0.166 e. The van der Waals surface area contributed by atoms with Crippen molar-refractivity contribution >= 4 is 6.29 Å². The molecule has 0 radical (unpaired) electrons. The number of fused-ring (bicyclic) bond motifs is 1. The molecule has 1 N–H and O–H groups in total. The molecule has 0 fully saturated rings. The maximum Gasteiger partial charge on any atom is 0.166 e. The second kappa shape index (κ2) is 5.94. The number of rotatable bonds is 3. The van der Waals surface area contributed by atoms with Crippen LogP contribution >= 0.6 is 0 Å². The normalized spacial score (nSPS) is 12.8. The molecule has 1 aliphatic heterocycles. The van der Waals surface area contributed by atoms with Crippen molar-refractivity contribution in [3.8, 4) is 34.1 Å². The van der Waals surface area contributed by atoms with Crippen molar-refractivity contribution in [3.05, 3.63) is 54.1 Å². The number of aromatic nitrogens is 2. The largest absolute Gasteiger partial charge is 0.504 e. The van der Waals surface area contributed by atoms with E-state index >= 15 is 0 Å². The number of hydrogen-bond acceptors (Lipinski definition) is 5. The fraction of sp³-hybridized carbons (Fsp3) is 0.111. The molecule has 4 rings (SSSR count). The van der Waals surface area contributed by atoms with Crippen LogP contribution in [0.15, 0.2) is 42.7 Å². The molecule has 0 saturated heterocycles. The van der Waals surface area contributed by atoms with Gasteiger partial charge in [0.15, 0.2) is 29.4 Å². The number of halogens is 1. The molecular formula is C18H13FN2O4. The summed E-state index contributed by atoms with van der Waals surface area (Å²) in [4.78, 5) is 11.0. The van der Waals surface area contributed by atoms with Crippen molar-refractivity contribution in [2.24, 2.45) is 0 Å². The van der Waals surface area contributed by atoms with E-state index in [0.717, 1.165) is 11.8 Å². The topological polar surface area (TPSA) is 73.6 Å². The van der Waals surface area contributed by atoms with Crippen molar-refractivity contribution in [2.45, 2.75) is 0 Å². The van der Waals surface area contributed by atoms with E-state index in [1.807, 2.05) is 6.07 Å². The van der Waals surface area contributed by atoms with Gasteiger partial charge < -0.3 is 14.6 Å². The predicted molar refractivity (Wildman–Crippen MR) is 87.0 cm³/mol. The number of aromatic hydroxyl groups is 1. The van der Waals surface area contributed by atoms with Gasteiger partial charge in [-0.15, -0.1) is 0 Å². The first-order valence-corrected chi connectivity index (χ1v) is 7.58. The minimum Gasteiger partial charge on any atom is -0.504 e. The first-order valence-electron chi connectivity index (χ1n) is 7.58. The lowest BCUT2D eigenvalue weighted by molar-refractivity contribution is 0.112. The number of nitrogens with zero attached hydrogens (tertiary/aromatic N) is 2. The fourth-order valence-electron chi connectivity index (χ4n) is 2.66. The highest BCUT2D eigenvalue weighted by Gasteiger charge is 2.14. The molecule has 0 saturated carbocycles. The van der Waals surface area contributed by atoms with Crippen LogP contribution in [0.1, 0.15) is 10.4 Å². The number of phenols is 1. The third-order valence-corrected chi connectivity index (χ3v) is 3.93. The van der Waals surface area contributed by atoms with Crippen LogP contribution in [0.5, 0.6) is 17.2 Å². The van der Waals surface area contributed by atoms with E-state index in [4.69, 9.17) is 9.47 Å². The second-order valence-electron chi connectivity index (χ2n) is 5.52. The van der Waals surface area contributed by atoms with Crippen LogP contribution in [-0.4, -0.2) is 34.4 Å². The van der Waals surface area contributed by atoms with Gasteiger partial charge in [-0.3, -0.25) is 4.79 Å². The fourth-order valence-corrected chi connectivity index (χ4v) is 2.66. The summed E-state index contributed by atoms with van der Waals surface area (Å²) in [6.07, 6.45) is 3.66. The number of ether oxygens (including phenoxy) is 2. The van der Waals surface area contributed by atoms with E-state index in [0.29, 0.717) is 42.1 Å². The maximum atomic E-state index is 13.8. The Bertz CT molecular complexity index is 968. The quantitative estimate of drug-likeness (QED) is 0.742. The monoisotopic (exact) mass is 340 g/mol. The average Bonchev–Trinajstić information content (AvgIpc) is 3.13. The number of phenolic OH excluding ortho intramolecular Hbond substituents is 1. The lowest BCUT2D eigenvalue weighted by Crippen LogP contribution is -2.15. The van der Waals surface area contributed by atoms with Gasteiger partial charge in [-0.25, -0.2) is 9.07 Å². The Morgan fingerprint density at radius 2 is 1.92 bits per heavy atom. The molecule has 0 aliphatic carbocycles. The minimum absolute atomic E-state index is 0.109. The summed E-state index contributed by atoms with van der Waals surface area (Å²) in [6.45, 7) is 1.01. The standard InChI is InChI=1S/C18H13FN2O4/c19-15-6-11(5-12(10-22)18(15)23)13-8-20-21(9-13)14-1-2-16-17(7-14)25-4-3-24-16/h1-2,5-10,23H,3-4H2. The first-order chi connectivity index (χ1) is 12.2. The molecule has 25 heavy (non-hydrogen) atoms. The highest BCUT2D eigenvalue weighted by molar-refractivity contribution is 5.82. The summed E-state index contributed by atoms with van der Waals surface area (Å²) in [5, 5.41) is 13.8. The molecule has 126 valence electrons. The van der Waals surface area contributed by atoms with Crippen LogP contribution in [-0.2, 0) is 0 Å². The van der Waals surface area contributed by atoms with Crippen molar-refractivity contribution in [2.75, 3.05) is 13.2 Å². The van der Waals surface area contributed by atoms with Gasteiger partial charge in [0, 0.05) is 17.8 Å². The van der Waals surface area contributed by atoms with Crippen LogP contribution in [0.2, 0.25) is 0 Å². The first kappa shape index (κ1) is 15.2. The number of carbonyl (C=O) groups is 1. The Hall–Kier alpha value is -3.35. The van der Waals surface area contributed by atoms with Crippen molar-refractivity contribution in [1.29, 1.82) is 0 Å². The van der Waals surface area contributed by atoms with E-state index in [9.17, 15) is 14.3 Å². The molecule has 2 aromatic carbocycles. The van der Waals surface area contributed by atoms with Gasteiger partial charge in [-0.1, -0.05) is 0 Å². The van der Waals surface area contributed by atoms with Crippen LogP contribution in [0, 0.1) is 5.82 Å². The van der Waals surface area contributed by atoms with E-state index < -0.39 is 11.6 Å². The highest BCUT2D eigenvalue weighted by Crippen LogP contribution is 2.33. The maximum absolute atomic E-state index is 13.8. The molecule has 2 heterocycles.